The molecule has 0 radical (unpaired) electrons. The Kier molecular flexibility index (Phi) is 5.95. The van der Waals surface area contributed by atoms with Gasteiger partial charge in [-0.2, -0.15) is 4.98 Å². The lowest BCUT2D eigenvalue weighted by atomic mass is 10.3. The summed E-state index contributed by atoms with van der Waals surface area (Å²) in [5.74, 6) is 2.86. The summed E-state index contributed by atoms with van der Waals surface area (Å²) >= 11 is 5.82. The van der Waals surface area contributed by atoms with E-state index in [2.05, 4.69) is 15.5 Å². The number of carbonyl (C=O) groups excluding carboxylic acids is 1. The highest BCUT2D eigenvalue weighted by Crippen LogP contribution is 2.38. The summed E-state index contributed by atoms with van der Waals surface area (Å²) in [6.07, 6.45) is 2.47. The maximum Gasteiger partial charge on any atom is 0.229 e. The van der Waals surface area contributed by atoms with E-state index in [1.165, 1.54) is 0 Å². The van der Waals surface area contributed by atoms with Crippen molar-refractivity contribution in [1.82, 2.24) is 10.1 Å². The molecule has 1 amide bonds. The topological polar surface area (TPSA) is 86.5 Å². The molecule has 0 aliphatic heterocycles. The summed E-state index contributed by atoms with van der Waals surface area (Å²) in [5.41, 5.74) is 0.685. The van der Waals surface area contributed by atoms with Crippen molar-refractivity contribution < 1.29 is 18.8 Å². The molecule has 1 fully saturated rings. The normalized spacial score (nSPS) is 13.1. The van der Waals surface area contributed by atoms with Crippen LogP contribution in [0.2, 0.25) is 5.02 Å². The molecule has 150 valence electrons. The van der Waals surface area contributed by atoms with Crippen LogP contribution in [-0.2, 0) is 11.4 Å². The van der Waals surface area contributed by atoms with Gasteiger partial charge >= 0.3 is 0 Å². The second kappa shape index (κ2) is 8.96. The third-order valence-corrected chi connectivity index (χ3v) is 4.58. The molecule has 4 rings (SSSR count). The van der Waals surface area contributed by atoms with Crippen molar-refractivity contribution in [1.29, 1.82) is 0 Å². The first-order valence-corrected chi connectivity index (χ1v) is 9.77. The van der Waals surface area contributed by atoms with Gasteiger partial charge in [0, 0.05) is 16.6 Å². The minimum atomic E-state index is -0.132. The fourth-order valence-corrected chi connectivity index (χ4v) is 2.75. The van der Waals surface area contributed by atoms with Crippen molar-refractivity contribution >= 4 is 23.2 Å². The van der Waals surface area contributed by atoms with Gasteiger partial charge in [-0.25, -0.2) is 0 Å². The van der Waals surface area contributed by atoms with Gasteiger partial charge in [0.25, 0.3) is 0 Å². The van der Waals surface area contributed by atoms with Crippen LogP contribution in [0.25, 0.3) is 0 Å². The molecule has 8 heteroatoms. The van der Waals surface area contributed by atoms with Crippen LogP contribution in [0.1, 0.15) is 36.9 Å². The molecule has 0 unspecified atom stereocenters. The molecule has 3 aromatic rings. The molecule has 1 heterocycles. The molecular weight excluding hydrogens is 394 g/mol. The minimum Gasteiger partial charge on any atom is -0.493 e. The zero-order chi connectivity index (χ0) is 20.1. The van der Waals surface area contributed by atoms with E-state index in [0.29, 0.717) is 39.8 Å². The van der Waals surface area contributed by atoms with Gasteiger partial charge in [0.15, 0.2) is 6.61 Å². The Bertz CT molecular complexity index is 953. The maximum absolute atomic E-state index is 12.0. The van der Waals surface area contributed by atoms with Gasteiger partial charge in [0.1, 0.15) is 11.5 Å². The lowest BCUT2D eigenvalue weighted by Crippen LogP contribution is -2.15. The second-order valence-corrected chi connectivity index (χ2v) is 7.17. The number of benzene rings is 2. The van der Waals surface area contributed by atoms with Crippen molar-refractivity contribution in [3.05, 3.63) is 65.3 Å². The number of anilines is 1. The SMILES string of the molecule is O=C(CCOc1ccc(Cl)cc1)Nc1ccc(OCc2noc(C3CC3)n2)cc1. The molecule has 1 aliphatic carbocycles. The number of hydrogen-bond donors (Lipinski definition) is 1. The molecule has 1 aromatic heterocycles. The minimum absolute atomic E-state index is 0.132. The number of nitrogens with one attached hydrogen (secondary N) is 1. The van der Waals surface area contributed by atoms with Crippen molar-refractivity contribution in [2.75, 3.05) is 11.9 Å². The lowest BCUT2D eigenvalue weighted by Gasteiger charge is -2.08. The number of rotatable bonds is 9. The molecule has 29 heavy (non-hydrogen) atoms. The van der Waals surface area contributed by atoms with Crippen molar-refractivity contribution in [2.24, 2.45) is 0 Å². The van der Waals surface area contributed by atoms with E-state index in [1.807, 2.05) is 0 Å². The fraction of sp³-hybridized carbons (Fsp3) is 0.286. The van der Waals surface area contributed by atoms with E-state index < -0.39 is 0 Å². The van der Waals surface area contributed by atoms with E-state index in [1.54, 1.807) is 48.5 Å². The average Bonchev–Trinajstić information content (AvgIpc) is 3.47. The van der Waals surface area contributed by atoms with Crippen LogP contribution in [0, 0.1) is 0 Å². The number of aromatic nitrogens is 2. The molecule has 7 nitrogen and oxygen atoms in total. The molecule has 0 spiro atoms. The third kappa shape index (κ3) is 5.71. The van der Waals surface area contributed by atoms with E-state index in [-0.39, 0.29) is 25.5 Å². The Morgan fingerprint density at radius 3 is 2.48 bits per heavy atom. The predicted molar refractivity (Wildman–Crippen MR) is 107 cm³/mol. The van der Waals surface area contributed by atoms with Crippen LogP contribution in [0.15, 0.2) is 53.1 Å². The van der Waals surface area contributed by atoms with Gasteiger partial charge in [-0.05, 0) is 61.4 Å². The predicted octanol–water partition coefficient (Wildman–Crippen LogP) is 4.59. The monoisotopic (exact) mass is 413 g/mol. The first-order chi connectivity index (χ1) is 14.2. The lowest BCUT2D eigenvalue weighted by molar-refractivity contribution is -0.116. The first kappa shape index (κ1) is 19.3. The number of hydrogen-bond acceptors (Lipinski definition) is 6. The van der Waals surface area contributed by atoms with Crippen LogP contribution in [-0.4, -0.2) is 22.7 Å². The quantitative estimate of drug-likeness (QED) is 0.552. The largest absolute Gasteiger partial charge is 0.493 e. The van der Waals surface area contributed by atoms with Crippen LogP contribution in [0.5, 0.6) is 11.5 Å². The van der Waals surface area contributed by atoms with Gasteiger partial charge in [-0.3, -0.25) is 4.79 Å². The summed E-state index contributed by atoms with van der Waals surface area (Å²) in [7, 11) is 0. The highest BCUT2D eigenvalue weighted by Gasteiger charge is 2.29. The number of halogens is 1. The summed E-state index contributed by atoms with van der Waals surface area (Å²) in [6.45, 7) is 0.520. The molecule has 0 atom stereocenters. The molecular formula is C21H20ClN3O4. The molecule has 1 N–H and O–H groups in total. The molecule has 1 saturated carbocycles. The van der Waals surface area contributed by atoms with E-state index in [9.17, 15) is 4.79 Å². The van der Waals surface area contributed by atoms with Crippen LogP contribution in [0.3, 0.4) is 0 Å². The third-order valence-electron chi connectivity index (χ3n) is 4.33. The number of amides is 1. The van der Waals surface area contributed by atoms with Gasteiger partial charge < -0.3 is 19.3 Å². The maximum atomic E-state index is 12.0. The Labute approximate surface area is 173 Å². The smallest absolute Gasteiger partial charge is 0.229 e. The summed E-state index contributed by atoms with van der Waals surface area (Å²) in [4.78, 5) is 16.4. The van der Waals surface area contributed by atoms with Gasteiger partial charge in [-0.15, -0.1) is 0 Å². The Hall–Kier alpha value is -3.06. The van der Waals surface area contributed by atoms with E-state index in [0.717, 1.165) is 12.8 Å². The zero-order valence-corrected chi connectivity index (χ0v) is 16.4. The number of ether oxygens (including phenoxy) is 2. The van der Waals surface area contributed by atoms with Crippen LogP contribution < -0.4 is 14.8 Å². The zero-order valence-electron chi connectivity index (χ0n) is 15.6. The van der Waals surface area contributed by atoms with Crippen LogP contribution >= 0.6 is 11.6 Å². The van der Waals surface area contributed by atoms with Gasteiger partial charge in [0.2, 0.25) is 17.6 Å². The van der Waals surface area contributed by atoms with Crippen molar-refractivity contribution in [2.45, 2.75) is 31.8 Å². The average molecular weight is 414 g/mol. The standard InChI is InChI=1S/C21H20ClN3O4/c22-15-3-7-17(8-4-15)27-12-11-20(26)23-16-5-9-18(10-6-16)28-13-19-24-21(29-25-19)14-1-2-14/h3-10,14H,1-2,11-13H2,(H,23,26). The van der Waals surface area contributed by atoms with Gasteiger partial charge in [0.05, 0.1) is 13.0 Å². The van der Waals surface area contributed by atoms with Crippen molar-refractivity contribution in [3.8, 4) is 11.5 Å². The fourth-order valence-electron chi connectivity index (χ4n) is 2.62. The Morgan fingerprint density at radius 2 is 1.76 bits per heavy atom. The first-order valence-electron chi connectivity index (χ1n) is 9.39. The van der Waals surface area contributed by atoms with Gasteiger partial charge in [-0.1, -0.05) is 16.8 Å². The number of nitrogens with zero attached hydrogens (tertiary/aromatic N) is 2. The molecule has 0 bridgehead atoms. The molecule has 2 aromatic carbocycles. The highest BCUT2D eigenvalue weighted by molar-refractivity contribution is 6.30. The van der Waals surface area contributed by atoms with Crippen LogP contribution in [0.4, 0.5) is 5.69 Å². The molecule has 0 saturated heterocycles. The summed E-state index contributed by atoms with van der Waals surface area (Å²) < 4.78 is 16.4. The van der Waals surface area contributed by atoms with E-state index >= 15 is 0 Å². The molecule has 1 aliphatic rings. The number of carbonyl (C=O) groups is 1. The van der Waals surface area contributed by atoms with E-state index in [4.69, 9.17) is 25.6 Å². The Balaban J connectivity index is 1.19. The summed E-state index contributed by atoms with van der Waals surface area (Å²) in [6, 6.07) is 14.1. The Morgan fingerprint density at radius 1 is 1.07 bits per heavy atom. The second-order valence-electron chi connectivity index (χ2n) is 6.74. The summed E-state index contributed by atoms with van der Waals surface area (Å²) in [5, 5.41) is 7.38. The highest BCUT2D eigenvalue weighted by atomic mass is 35.5. The van der Waals surface area contributed by atoms with Crippen molar-refractivity contribution in [3.63, 3.8) is 0 Å².